The van der Waals surface area contributed by atoms with Gasteiger partial charge in [-0.05, 0) is 37.6 Å². The normalized spacial score (nSPS) is 17.4. The predicted octanol–water partition coefficient (Wildman–Crippen LogP) is 5.10. The minimum Gasteiger partial charge on any atom is -0.451 e. The van der Waals surface area contributed by atoms with Crippen LogP contribution in [0.4, 0.5) is 10.5 Å². The van der Waals surface area contributed by atoms with Crippen molar-refractivity contribution in [1.29, 1.82) is 0 Å². The Kier molecular flexibility index (Phi) is 7.44. The zero-order valence-electron chi connectivity index (χ0n) is 22.6. The van der Waals surface area contributed by atoms with E-state index in [2.05, 4.69) is 15.2 Å². The predicted molar refractivity (Wildman–Crippen MR) is 156 cm³/mol. The molecule has 2 fully saturated rings. The lowest BCUT2D eigenvalue weighted by atomic mass is 9.95. The number of ether oxygens (including phenoxy) is 1. The van der Waals surface area contributed by atoms with Crippen molar-refractivity contribution in [3.63, 3.8) is 0 Å². The molecular weight excluding hydrogens is 502 g/mol. The second kappa shape index (κ2) is 11.5. The number of nitrogens with one attached hydrogen (secondary N) is 1. The van der Waals surface area contributed by atoms with E-state index in [1.807, 2.05) is 60.7 Å². The summed E-state index contributed by atoms with van der Waals surface area (Å²) in [6.45, 7) is 4.66. The molecule has 1 N–H and O–H groups in total. The van der Waals surface area contributed by atoms with Crippen molar-refractivity contribution in [2.75, 3.05) is 38.3 Å². The van der Waals surface area contributed by atoms with E-state index in [-0.39, 0.29) is 5.91 Å². The molecule has 3 aromatic carbocycles. The van der Waals surface area contributed by atoms with Crippen molar-refractivity contribution in [3.05, 3.63) is 96.1 Å². The number of fused-ring (bicyclic) bond motifs is 2. The van der Waals surface area contributed by atoms with Crippen LogP contribution < -0.4 is 10.4 Å². The molecule has 1 unspecified atom stereocenters. The summed E-state index contributed by atoms with van der Waals surface area (Å²) in [4.78, 5) is 37.2. The molecule has 4 aromatic rings. The number of carbonyl (C=O) groups is 2. The molecule has 0 saturated carbocycles. The first-order valence-corrected chi connectivity index (χ1v) is 13.8. The highest BCUT2D eigenvalue weighted by Gasteiger charge is 2.32. The Morgan fingerprint density at radius 3 is 2.45 bits per heavy atom. The summed E-state index contributed by atoms with van der Waals surface area (Å²) in [5.74, 6) is -0.389. The van der Waals surface area contributed by atoms with Gasteiger partial charge in [-0.25, -0.2) is 9.78 Å². The first-order valence-electron chi connectivity index (χ1n) is 13.8. The number of rotatable bonds is 5. The lowest BCUT2D eigenvalue weighted by Crippen LogP contribution is -2.50. The zero-order chi connectivity index (χ0) is 27.5. The van der Waals surface area contributed by atoms with Crippen LogP contribution in [0.2, 0.25) is 0 Å². The van der Waals surface area contributed by atoms with Crippen LogP contribution in [0.15, 0.2) is 84.9 Å². The smallest absolute Gasteiger partial charge is 0.433 e. The third kappa shape index (κ3) is 5.15. The molecule has 1 atom stereocenters. The number of carbonyl (C=O) groups excluding carboxylic acids is 2. The van der Waals surface area contributed by atoms with Gasteiger partial charge in [-0.3, -0.25) is 20.0 Å². The van der Waals surface area contributed by atoms with Gasteiger partial charge in [0.1, 0.15) is 0 Å². The molecule has 8 nitrogen and oxygen atoms in total. The van der Waals surface area contributed by atoms with Crippen LogP contribution >= 0.6 is 0 Å². The van der Waals surface area contributed by atoms with Gasteiger partial charge < -0.3 is 4.74 Å². The van der Waals surface area contributed by atoms with Crippen molar-refractivity contribution in [1.82, 2.24) is 20.2 Å². The van der Waals surface area contributed by atoms with Crippen LogP contribution in [0.3, 0.4) is 0 Å². The first-order chi connectivity index (χ1) is 19.6. The Labute approximate surface area is 234 Å². The number of benzene rings is 3. The fraction of sp³-hybridized carbons (Fsp3) is 0.281. The van der Waals surface area contributed by atoms with E-state index >= 15 is 0 Å². The topological polar surface area (TPSA) is 78.0 Å². The summed E-state index contributed by atoms with van der Waals surface area (Å²) in [5.41, 5.74) is 7.18. The lowest BCUT2D eigenvalue weighted by Gasteiger charge is -2.38. The number of anilines is 1. The van der Waals surface area contributed by atoms with Crippen molar-refractivity contribution >= 4 is 28.6 Å². The summed E-state index contributed by atoms with van der Waals surface area (Å²) in [6, 6.07) is 27.2. The lowest BCUT2D eigenvalue weighted by molar-refractivity contribution is 0.0925. The summed E-state index contributed by atoms with van der Waals surface area (Å²) in [6.07, 6.45) is 1.76. The van der Waals surface area contributed by atoms with Gasteiger partial charge in [0.05, 0.1) is 29.6 Å². The Bertz CT molecular complexity index is 1510. The Balaban J connectivity index is 1.47. The van der Waals surface area contributed by atoms with E-state index in [1.165, 1.54) is 26.5 Å². The number of nitrogens with zero attached hydrogens (tertiary/aromatic N) is 4. The van der Waals surface area contributed by atoms with E-state index in [1.54, 1.807) is 24.3 Å². The SMILES string of the molecule is COC(=O)N(NC(=O)c1c(CN2CCN3CCCC3C2)c(-c2ccccc2)nc2ccccc12)c1ccccc1. The Morgan fingerprint density at radius 2 is 1.68 bits per heavy atom. The highest BCUT2D eigenvalue weighted by atomic mass is 16.5. The molecule has 2 aliphatic heterocycles. The standard InChI is InChI=1S/C32H33N5O3/c1-40-32(39)37(24-13-6-3-7-14-24)34-31(38)29-26-16-8-9-17-28(26)33-30(23-11-4-2-5-12-23)27(29)22-35-19-20-36-18-10-15-25(36)21-35/h2-9,11-14,16-17,25H,10,15,18-22H2,1H3,(H,34,38). The molecule has 0 bridgehead atoms. The van der Waals surface area contributed by atoms with E-state index in [0.29, 0.717) is 23.8 Å². The minimum atomic E-state index is -0.680. The maximum absolute atomic E-state index is 14.3. The summed E-state index contributed by atoms with van der Waals surface area (Å²) in [5, 5.41) is 1.90. The molecule has 0 spiro atoms. The van der Waals surface area contributed by atoms with Crippen LogP contribution in [0.25, 0.3) is 22.2 Å². The first kappa shape index (κ1) is 26.0. The molecule has 3 heterocycles. The zero-order valence-corrected chi connectivity index (χ0v) is 22.6. The molecule has 40 heavy (non-hydrogen) atoms. The van der Waals surface area contributed by atoms with Gasteiger partial charge in [0.15, 0.2) is 0 Å². The molecule has 1 aromatic heterocycles. The van der Waals surface area contributed by atoms with E-state index in [0.717, 1.165) is 52.4 Å². The number of piperazine rings is 1. The van der Waals surface area contributed by atoms with Gasteiger partial charge in [0, 0.05) is 48.7 Å². The molecular formula is C32H33N5O3. The fourth-order valence-corrected chi connectivity index (χ4v) is 5.96. The molecule has 204 valence electrons. The second-order valence-corrected chi connectivity index (χ2v) is 10.3. The summed E-state index contributed by atoms with van der Waals surface area (Å²) in [7, 11) is 1.30. The average molecular weight is 536 g/mol. The molecule has 0 radical (unpaired) electrons. The Hall–Kier alpha value is -4.27. The molecule has 8 heteroatoms. The number of amides is 2. The van der Waals surface area contributed by atoms with Crippen LogP contribution in [0, 0.1) is 0 Å². The van der Waals surface area contributed by atoms with Crippen molar-refractivity contribution < 1.29 is 14.3 Å². The van der Waals surface area contributed by atoms with Crippen LogP contribution in [0.5, 0.6) is 0 Å². The van der Waals surface area contributed by atoms with Crippen LogP contribution in [-0.4, -0.2) is 66.1 Å². The summed E-state index contributed by atoms with van der Waals surface area (Å²) >= 11 is 0. The molecule has 6 rings (SSSR count). The van der Waals surface area contributed by atoms with Gasteiger partial charge in [0.25, 0.3) is 5.91 Å². The highest BCUT2D eigenvalue weighted by molar-refractivity contribution is 6.10. The monoisotopic (exact) mass is 535 g/mol. The molecule has 2 aliphatic rings. The number of hydrogen-bond acceptors (Lipinski definition) is 6. The van der Waals surface area contributed by atoms with Crippen molar-refractivity contribution in [2.24, 2.45) is 0 Å². The minimum absolute atomic E-state index is 0.389. The number of hydrazine groups is 1. The third-order valence-corrected chi connectivity index (χ3v) is 7.91. The highest BCUT2D eigenvalue weighted by Crippen LogP contribution is 2.33. The number of para-hydroxylation sites is 2. The van der Waals surface area contributed by atoms with Crippen molar-refractivity contribution in [2.45, 2.75) is 25.4 Å². The van der Waals surface area contributed by atoms with E-state index < -0.39 is 6.09 Å². The fourth-order valence-electron chi connectivity index (χ4n) is 5.96. The number of methoxy groups -OCH3 is 1. The van der Waals surface area contributed by atoms with E-state index in [9.17, 15) is 9.59 Å². The largest absolute Gasteiger partial charge is 0.451 e. The van der Waals surface area contributed by atoms with Crippen LogP contribution in [0.1, 0.15) is 28.8 Å². The maximum atomic E-state index is 14.3. The van der Waals surface area contributed by atoms with Gasteiger partial charge in [-0.15, -0.1) is 0 Å². The third-order valence-electron chi connectivity index (χ3n) is 7.91. The quantitative estimate of drug-likeness (QED) is 0.359. The Morgan fingerprint density at radius 1 is 0.950 bits per heavy atom. The van der Waals surface area contributed by atoms with E-state index in [4.69, 9.17) is 9.72 Å². The number of aromatic nitrogens is 1. The molecule has 2 amide bonds. The van der Waals surface area contributed by atoms with Gasteiger partial charge >= 0.3 is 6.09 Å². The number of hydrogen-bond donors (Lipinski definition) is 1. The van der Waals surface area contributed by atoms with Gasteiger partial charge in [-0.2, -0.15) is 5.01 Å². The average Bonchev–Trinajstić information content (AvgIpc) is 3.48. The number of pyridine rings is 1. The molecule has 2 saturated heterocycles. The van der Waals surface area contributed by atoms with Crippen LogP contribution in [-0.2, 0) is 11.3 Å². The van der Waals surface area contributed by atoms with Crippen molar-refractivity contribution in [3.8, 4) is 11.3 Å². The second-order valence-electron chi connectivity index (χ2n) is 10.3. The molecule has 0 aliphatic carbocycles. The maximum Gasteiger partial charge on any atom is 0.433 e. The van der Waals surface area contributed by atoms with Gasteiger partial charge in [0.2, 0.25) is 0 Å². The summed E-state index contributed by atoms with van der Waals surface area (Å²) < 4.78 is 5.02. The van der Waals surface area contributed by atoms with Gasteiger partial charge in [-0.1, -0.05) is 66.7 Å².